The second-order valence-corrected chi connectivity index (χ2v) is 13.0. The fraction of sp³-hybridized carbons (Fsp3) is 0.367. The van der Waals surface area contributed by atoms with Gasteiger partial charge in [-0.15, -0.1) is 10.8 Å². The van der Waals surface area contributed by atoms with Crippen LogP contribution in [0, 0.1) is 23.3 Å². The molecule has 12 heteroatoms. The number of carbonyl (C=O) groups excluding carboxylic acids is 1. The van der Waals surface area contributed by atoms with Crippen molar-refractivity contribution in [3.8, 4) is 0 Å². The number of halogens is 4. The van der Waals surface area contributed by atoms with Crippen LogP contribution in [0.2, 0.25) is 0 Å². The highest BCUT2D eigenvalue weighted by atomic mass is 32.3. The average Bonchev–Trinajstić information content (AvgIpc) is 3.05. The molecule has 2 bridgehead atoms. The van der Waals surface area contributed by atoms with Crippen LogP contribution in [0.25, 0.3) is 0 Å². The van der Waals surface area contributed by atoms with E-state index in [9.17, 15) is 27.1 Å². The first-order valence-corrected chi connectivity index (χ1v) is 15.5. The van der Waals surface area contributed by atoms with Crippen molar-refractivity contribution >= 4 is 22.4 Å². The topological polar surface area (TPSA) is 111 Å². The smallest absolute Gasteiger partial charge is 0.242 e. The lowest BCUT2D eigenvalue weighted by Crippen LogP contribution is -2.55. The number of amides is 1. The summed E-state index contributed by atoms with van der Waals surface area (Å²) in [6.07, 6.45) is 2.14. The maximum absolute atomic E-state index is 15.1. The van der Waals surface area contributed by atoms with Crippen LogP contribution >= 0.6 is 10.8 Å². The highest BCUT2D eigenvalue weighted by molar-refractivity contribution is 8.22. The minimum Gasteiger partial charge on any atom is -0.324 e. The molecule has 4 unspecified atom stereocenters. The van der Waals surface area contributed by atoms with Crippen molar-refractivity contribution in [1.82, 2.24) is 9.62 Å². The second kappa shape index (κ2) is 12.7. The molecule has 0 saturated carbocycles. The minimum absolute atomic E-state index is 0.0840. The van der Waals surface area contributed by atoms with Crippen molar-refractivity contribution < 1.29 is 31.5 Å². The van der Waals surface area contributed by atoms with Crippen LogP contribution in [-0.2, 0) is 11.2 Å². The van der Waals surface area contributed by atoms with Crippen LogP contribution in [0.1, 0.15) is 41.9 Å². The Morgan fingerprint density at radius 2 is 1.74 bits per heavy atom. The predicted octanol–water partition coefficient (Wildman–Crippen LogP) is 5.38. The zero-order chi connectivity index (χ0) is 30.0. The standard InChI is InChI=1S/C30H34F4N4O3S/c31-20-8-6-18(7-9-20)28(19-13-21(32)15-22(33)14-19)29(35)30(39)37-27-5-1-4-26(34)25(27)11-10-24-16-36-23-3-2-12-42(40,41)38(24)17-23/h1,4-9,13-15,23-24,28-29,36,40-41H,2-3,10-12,16-17,35H2,(H,37,39)/t23?,24?,28?,29-/m0/s1. The Morgan fingerprint density at radius 3 is 2.45 bits per heavy atom. The van der Waals surface area contributed by atoms with Gasteiger partial charge in [-0.05, 0) is 73.2 Å². The van der Waals surface area contributed by atoms with Crippen LogP contribution in [0.4, 0.5) is 23.2 Å². The second-order valence-electron chi connectivity index (χ2n) is 10.9. The number of hydrogen-bond acceptors (Lipinski definition) is 6. The summed E-state index contributed by atoms with van der Waals surface area (Å²) in [6.45, 7) is 1.01. The number of nitrogens with two attached hydrogens (primary N) is 1. The molecule has 42 heavy (non-hydrogen) atoms. The third-order valence-electron chi connectivity index (χ3n) is 8.04. The van der Waals surface area contributed by atoms with Gasteiger partial charge in [0.1, 0.15) is 23.3 Å². The lowest BCUT2D eigenvalue weighted by molar-refractivity contribution is -0.117. The van der Waals surface area contributed by atoms with E-state index in [1.807, 2.05) is 0 Å². The Balaban J connectivity index is 1.37. The molecule has 5 rings (SSSR count). The summed E-state index contributed by atoms with van der Waals surface area (Å²) >= 11 is 0. The summed E-state index contributed by atoms with van der Waals surface area (Å²) in [6, 6.07) is 10.7. The SMILES string of the molecule is N[C@H](C(=O)Nc1cccc(F)c1CCC1CNC2CCCS(O)(O)N1C2)C(c1ccc(F)cc1)c1cc(F)cc(F)c1. The van der Waals surface area contributed by atoms with Gasteiger partial charge in [0.2, 0.25) is 5.91 Å². The Labute approximate surface area is 243 Å². The zero-order valence-electron chi connectivity index (χ0n) is 22.8. The van der Waals surface area contributed by atoms with Gasteiger partial charge in [0.25, 0.3) is 0 Å². The number of benzene rings is 3. The number of nitrogens with one attached hydrogen (secondary N) is 2. The first-order valence-electron chi connectivity index (χ1n) is 13.8. The van der Waals surface area contributed by atoms with E-state index in [0.717, 1.165) is 30.7 Å². The number of nitrogens with zero attached hydrogens (tertiary/aromatic N) is 1. The molecule has 7 nitrogen and oxygen atoms in total. The summed E-state index contributed by atoms with van der Waals surface area (Å²) in [5.41, 5.74) is 7.23. The van der Waals surface area contributed by atoms with Gasteiger partial charge in [0.15, 0.2) is 0 Å². The van der Waals surface area contributed by atoms with Crippen LogP contribution in [0.15, 0.2) is 60.7 Å². The predicted molar refractivity (Wildman–Crippen MR) is 155 cm³/mol. The number of carbonyl (C=O) groups is 1. The van der Waals surface area contributed by atoms with E-state index in [0.29, 0.717) is 43.3 Å². The highest BCUT2D eigenvalue weighted by Gasteiger charge is 2.38. The Bertz CT molecular complexity index is 1410. The fourth-order valence-electron chi connectivity index (χ4n) is 5.91. The molecule has 0 aliphatic carbocycles. The first kappa shape index (κ1) is 30.5. The van der Waals surface area contributed by atoms with E-state index < -0.39 is 51.9 Å². The van der Waals surface area contributed by atoms with E-state index in [-0.39, 0.29) is 35.3 Å². The Kier molecular flexibility index (Phi) is 9.21. The number of piperazine rings is 1. The van der Waals surface area contributed by atoms with Crippen LogP contribution < -0.4 is 16.4 Å². The highest BCUT2D eigenvalue weighted by Crippen LogP contribution is 2.49. The summed E-state index contributed by atoms with van der Waals surface area (Å²) < 4.78 is 80.3. The Morgan fingerprint density at radius 1 is 1.02 bits per heavy atom. The largest absolute Gasteiger partial charge is 0.324 e. The van der Waals surface area contributed by atoms with Crippen molar-refractivity contribution in [2.45, 2.75) is 49.7 Å². The molecular weight excluding hydrogens is 572 g/mol. The number of anilines is 1. The van der Waals surface area contributed by atoms with E-state index in [2.05, 4.69) is 10.6 Å². The third kappa shape index (κ3) is 6.80. The molecular formula is C30H34F4N4O3S. The van der Waals surface area contributed by atoms with Gasteiger partial charge in [0.05, 0.1) is 11.8 Å². The molecule has 2 aliphatic rings. The summed E-state index contributed by atoms with van der Waals surface area (Å²) in [4.78, 5) is 13.5. The van der Waals surface area contributed by atoms with Gasteiger partial charge < -0.3 is 16.4 Å². The molecule has 0 spiro atoms. The fourth-order valence-corrected chi connectivity index (χ4v) is 7.78. The maximum atomic E-state index is 15.1. The van der Waals surface area contributed by atoms with Crippen molar-refractivity contribution in [2.24, 2.45) is 5.73 Å². The molecule has 2 saturated heterocycles. The van der Waals surface area contributed by atoms with E-state index >= 15 is 4.39 Å². The lowest BCUT2D eigenvalue weighted by Gasteiger charge is -2.49. The van der Waals surface area contributed by atoms with E-state index in [1.54, 1.807) is 4.31 Å². The van der Waals surface area contributed by atoms with Crippen molar-refractivity contribution in [1.29, 1.82) is 0 Å². The molecule has 2 fully saturated rings. The molecule has 6 N–H and O–H groups in total. The summed E-state index contributed by atoms with van der Waals surface area (Å²) in [5, 5.41) is 6.12. The molecule has 3 aromatic carbocycles. The zero-order valence-corrected chi connectivity index (χ0v) is 23.6. The first-order chi connectivity index (χ1) is 20.0. The molecule has 2 heterocycles. The lowest BCUT2D eigenvalue weighted by atomic mass is 9.84. The molecule has 1 amide bonds. The monoisotopic (exact) mass is 606 g/mol. The van der Waals surface area contributed by atoms with Crippen molar-refractivity contribution in [3.63, 3.8) is 0 Å². The molecule has 0 radical (unpaired) electrons. The normalized spacial score (nSPS) is 23.8. The van der Waals surface area contributed by atoms with Gasteiger partial charge in [-0.2, -0.15) is 0 Å². The quantitative estimate of drug-likeness (QED) is 0.221. The van der Waals surface area contributed by atoms with E-state index in [1.165, 1.54) is 30.3 Å². The molecule has 3 aromatic rings. The Hall–Kier alpha value is -3.00. The van der Waals surface area contributed by atoms with Crippen LogP contribution in [-0.4, -0.2) is 56.3 Å². The average molecular weight is 607 g/mol. The molecule has 0 aromatic heterocycles. The number of fused-ring (bicyclic) bond motifs is 2. The third-order valence-corrected chi connectivity index (χ3v) is 10.1. The van der Waals surface area contributed by atoms with Crippen molar-refractivity contribution in [2.75, 3.05) is 24.2 Å². The summed E-state index contributed by atoms with van der Waals surface area (Å²) in [5.74, 6) is -4.27. The van der Waals surface area contributed by atoms with Gasteiger partial charge in [-0.3, -0.25) is 13.9 Å². The number of rotatable bonds is 8. The van der Waals surface area contributed by atoms with Gasteiger partial charge in [0, 0.05) is 48.4 Å². The van der Waals surface area contributed by atoms with Crippen LogP contribution in [0.3, 0.4) is 0 Å². The van der Waals surface area contributed by atoms with Gasteiger partial charge >= 0.3 is 0 Å². The van der Waals surface area contributed by atoms with Gasteiger partial charge in [-0.25, -0.2) is 21.9 Å². The summed E-state index contributed by atoms with van der Waals surface area (Å²) in [7, 11) is -2.93. The number of hydrogen-bond donors (Lipinski definition) is 5. The van der Waals surface area contributed by atoms with Crippen molar-refractivity contribution in [3.05, 3.63) is 101 Å². The van der Waals surface area contributed by atoms with Gasteiger partial charge in [-0.1, -0.05) is 18.2 Å². The minimum atomic E-state index is -2.93. The molecule has 2 aliphatic heterocycles. The molecule has 226 valence electrons. The van der Waals surface area contributed by atoms with E-state index in [4.69, 9.17) is 5.73 Å². The maximum Gasteiger partial charge on any atom is 0.242 e. The van der Waals surface area contributed by atoms with Crippen LogP contribution in [0.5, 0.6) is 0 Å². The molecule has 5 atom stereocenters.